The highest BCUT2D eigenvalue weighted by molar-refractivity contribution is 6.42. The number of rotatable bonds is 5. The second-order valence-corrected chi connectivity index (χ2v) is 6.15. The van der Waals surface area contributed by atoms with Gasteiger partial charge in [-0.2, -0.15) is 0 Å². The molecule has 0 saturated heterocycles. The van der Waals surface area contributed by atoms with Crippen LogP contribution < -0.4 is 10.1 Å². The summed E-state index contributed by atoms with van der Waals surface area (Å²) >= 11 is 18.0. The van der Waals surface area contributed by atoms with E-state index in [-0.39, 0.29) is 6.10 Å². The monoisotopic (exact) mass is 343 g/mol. The first-order valence-electron chi connectivity index (χ1n) is 6.59. The van der Waals surface area contributed by atoms with E-state index in [9.17, 15) is 0 Å². The van der Waals surface area contributed by atoms with Gasteiger partial charge in [-0.25, -0.2) is 0 Å². The lowest BCUT2D eigenvalue weighted by molar-refractivity contribution is 0.240. The summed E-state index contributed by atoms with van der Waals surface area (Å²) in [4.78, 5) is 0. The average molecular weight is 345 g/mol. The van der Waals surface area contributed by atoms with Gasteiger partial charge in [0.25, 0.3) is 0 Å². The van der Waals surface area contributed by atoms with Gasteiger partial charge in [0, 0.05) is 22.8 Å². The Morgan fingerprint density at radius 2 is 1.76 bits per heavy atom. The SMILES string of the molecule is CC(C)Oc1ccc(Cl)cc1CNc1ccc(Cl)c(Cl)c1. The van der Waals surface area contributed by atoms with Crippen LogP contribution >= 0.6 is 34.8 Å². The summed E-state index contributed by atoms with van der Waals surface area (Å²) in [6, 6.07) is 11.0. The van der Waals surface area contributed by atoms with Crippen LogP contribution in [0.4, 0.5) is 5.69 Å². The molecule has 2 aromatic carbocycles. The lowest BCUT2D eigenvalue weighted by Crippen LogP contribution is -2.09. The summed E-state index contributed by atoms with van der Waals surface area (Å²) in [6.07, 6.45) is 0.106. The molecule has 0 fully saturated rings. The highest BCUT2D eigenvalue weighted by Crippen LogP contribution is 2.27. The first-order valence-corrected chi connectivity index (χ1v) is 7.73. The van der Waals surface area contributed by atoms with Gasteiger partial charge in [-0.3, -0.25) is 0 Å². The van der Waals surface area contributed by atoms with Gasteiger partial charge >= 0.3 is 0 Å². The zero-order valence-electron chi connectivity index (χ0n) is 11.8. The Morgan fingerprint density at radius 1 is 1.00 bits per heavy atom. The van der Waals surface area contributed by atoms with Gasteiger partial charge in [0.15, 0.2) is 0 Å². The Labute approximate surface area is 140 Å². The molecule has 0 atom stereocenters. The Kier molecular flexibility index (Phi) is 5.63. The first kappa shape index (κ1) is 16.3. The van der Waals surface area contributed by atoms with Gasteiger partial charge in [0.05, 0.1) is 16.1 Å². The molecule has 1 N–H and O–H groups in total. The summed E-state index contributed by atoms with van der Waals surface area (Å²) in [5, 5.41) is 5.02. The van der Waals surface area contributed by atoms with Gasteiger partial charge in [-0.05, 0) is 50.2 Å². The van der Waals surface area contributed by atoms with E-state index in [0.717, 1.165) is 17.0 Å². The number of hydrogen-bond donors (Lipinski definition) is 1. The minimum atomic E-state index is 0.106. The normalized spacial score (nSPS) is 10.8. The molecule has 0 aliphatic rings. The van der Waals surface area contributed by atoms with E-state index in [1.807, 2.05) is 38.1 Å². The fourth-order valence-corrected chi connectivity index (χ4v) is 2.35. The van der Waals surface area contributed by atoms with E-state index in [1.165, 1.54) is 0 Å². The van der Waals surface area contributed by atoms with Gasteiger partial charge in [-0.15, -0.1) is 0 Å². The van der Waals surface area contributed by atoms with Gasteiger partial charge < -0.3 is 10.1 Å². The van der Waals surface area contributed by atoms with Crippen LogP contribution in [0.25, 0.3) is 0 Å². The van der Waals surface area contributed by atoms with Crippen LogP contribution in [0.2, 0.25) is 15.1 Å². The van der Waals surface area contributed by atoms with Crippen LogP contribution in [0, 0.1) is 0 Å². The predicted octanol–water partition coefficient (Wildman–Crippen LogP) is 6.05. The molecule has 0 spiro atoms. The zero-order valence-corrected chi connectivity index (χ0v) is 14.1. The number of halogens is 3. The van der Waals surface area contributed by atoms with Crippen LogP contribution in [0.3, 0.4) is 0 Å². The van der Waals surface area contributed by atoms with E-state index >= 15 is 0 Å². The molecule has 2 aromatic rings. The summed E-state index contributed by atoms with van der Waals surface area (Å²) in [5.74, 6) is 0.821. The lowest BCUT2D eigenvalue weighted by atomic mass is 10.2. The maximum Gasteiger partial charge on any atom is 0.124 e. The molecule has 0 radical (unpaired) electrons. The molecule has 0 amide bonds. The molecular formula is C16H16Cl3NO. The first-order chi connectivity index (χ1) is 9.95. The molecule has 0 aliphatic heterocycles. The molecule has 0 bridgehead atoms. The Hall–Kier alpha value is -1.09. The molecule has 0 unspecified atom stereocenters. The van der Waals surface area contributed by atoms with E-state index < -0.39 is 0 Å². The van der Waals surface area contributed by atoms with Crippen LogP contribution in [-0.2, 0) is 6.54 Å². The molecule has 0 saturated carbocycles. The molecule has 112 valence electrons. The van der Waals surface area contributed by atoms with E-state index in [4.69, 9.17) is 39.5 Å². The molecule has 5 heteroatoms. The summed E-state index contributed by atoms with van der Waals surface area (Å²) in [7, 11) is 0. The third-order valence-corrected chi connectivity index (χ3v) is 3.76. The minimum absolute atomic E-state index is 0.106. The van der Waals surface area contributed by atoms with Crippen molar-refractivity contribution >= 4 is 40.5 Å². The van der Waals surface area contributed by atoms with Crippen molar-refractivity contribution in [2.24, 2.45) is 0 Å². The quantitative estimate of drug-likeness (QED) is 0.713. The van der Waals surface area contributed by atoms with Crippen molar-refractivity contribution in [2.45, 2.75) is 26.5 Å². The van der Waals surface area contributed by atoms with Crippen molar-refractivity contribution in [1.29, 1.82) is 0 Å². The van der Waals surface area contributed by atoms with Crippen LogP contribution in [0.5, 0.6) is 5.75 Å². The standard InChI is InChI=1S/C16H16Cl3NO/c1-10(2)21-16-6-3-12(17)7-11(16)9-20-13-4-5-14(18)15(19)8-13/h3-8,10,20H,9H2,1-2H3. The molecule has 0 heterocycles. The molecular weight excluding hydrogens is 329 g/mol. The number of nitrogens with one attached hydrogen (secondary N) is 1. The van der Waals surface area contributed by atoms with E-state index in [2.05, 4.69) is 5.32 Å². The lowest BCUT2D eigenvalue weighted by Gasteiger charge is -2.15. The second kappa shape index (κ2) is 7.26. The summed E-state index contributed by atoms with van der Waals surface area (Å²) in [6.45, 7) is 4.57. The van der Waals surface area contributed by atoms with Gasteiger partial charge in [0.2, 0.25) is 0 Å². The van der Waals surface area contributed by atoms with E-state index in [1.54, 1.807) is 12.1 Å². The van der Waals surface area contributed by atoms with Crippen molar-refractivity contribution < 1.29 is 4.74 Å². The van der Waals surface area contributed by atoms with Crippen molar-refractivity contribution in [2.75, 3.05) is 5.32 Å². The topological polar surface area (TPSA) is 21.3 Å². The molecule has 21 heavy (non-hydrogen) atoms. The number of benzene rings is 2. The zero-order chi connectivity index (χ0) is 15.4. The fraction of sp³-hybridized carbons (Fsp3) is 0.250. The highest BCUT2D eigenvalue weighted by Gasteiger charge is 2.07. The Bertz CT molecular complexity index is 629. The highest BCUT2D eigenvalue weighted by atomic mass is 35.5. The van der Waals surface area contributed by atoms with Crippen LogP contribution in [-0.4, -0.2) is 6.10 Å². The molecule has 2 nitrogen and oxygen atoms in total. The maximum atomic E-state index is 6.06. The summed E-state index contributed by atoms with van der Waals surface area (Å²) in [5.41, 5.74) is 1.88. The number of hydrogen-bond acceptors (Lipinski definition) is 2. The fourth-order valence-electron chi connectivity index (χ4n) is 1.86. The Morgan fingerprint density at radius 3 is 2.43 bits per heavy atom. The third kappa shape index (κ3) is 4.70. The predicted molar refractivity (Wildman–Crippen MR) is 91.0 cm³/mol. The largest absolute Gasteiger partial charge is 0.491 e. The maximum absolute atomic E-state index is 6.06. The third-order valence-electron chi connectivity index (χ3n) is 2.79. The van der Waals surface area contributed by atoms with Gasteiger partial charge in [0.1, 0.15) is 5.75 Å². The second-order valence-electron chi connectivity index (χ2n) is 4.90. The van der Waals surface area contributed by atoms with Crippen molar-refractivity contribution in [3.63, 3.8) is 0 Å². The van der Waals surface area contributed by atoms with Crippen molar-refractivity contribution in [3.05, 3.63) is 57.0 Å². The molecule has 0 aliphatic carbocycles. The van der Waals surface area contributed by atoms with E-state index in [0.29, 0.717) is 21.6 Å². The van der Waals surface area contributed by atoms with Crippen molar-refractivity contribution in [1.82, 2.24) is 0 Å². The number of ether oxygens (including phenoxy) is 1. The Balaban J connectivity index is 2.14. The minimum Gasteiger partial charge on any atom is -0.491 e. The molecule has 0 aromatic heterocycles. The average Bonchev–Trinajstić information content (AvgIpc) is 2.42. The smallest absolute Gasteiger partial charge is 0.124 e. The van der Waals surface area contributed by atoms with Crippen LogP contribution in [0.15, 0.2) is 36.4 Å². The number of anilines is 1. The molecule has 2 rings (SSSR count). The van der Waals surface area contributed by atoms with Gasteiger partial charge in [-0.1, -0.05) is 34.8 Å². The van der Waals surface area contributed by atoms with Crippen LogP contribution in [0.1, 0.15) is 19.4 Å². The summed E-state index contributed by atoms with van der Waals surface area (Å²) < 4.78 is 5.79. The van der Waals surface area contributed by atoms with Crippen molar-refractivity contribution in [3.8, 4) is 5.75 Å².